The SMILES string of the molecule is O=C(NCc1cccc(Br)c1)NCc1cccc(Br)c1. The number of urea groups is 1. The highest BCUT2D eigenvalue weighted by molar-refractivity contribution is 9.10. The minimum Gasteiger partial charge on any atom is -0.334 e. The lowest BCUT2D eigenvalue weighted by Gasteiger charge is -2.08. The molecule has 2 aromatic carbocycles. The molecule has 0 bridgehead atoms. The van der Waals surface area contributed by atoms with Gasteiger partial charge in [-0.05, 0) is 35.4 Å². The van der Waals surface area contributed by atoms with E-state index < -0.39 is 0 Å². The van der Waals surface area contributed by atoms with E-state index in [4.69, 9.17) is 0 Å². The van der Waals surface area contributed by atoms with E-state index in [-0.39, 0.29) is 6.03 Å². The van der Waals surface area contributed by atoms with Gasteiger partial charge < -0.3 is 10.6 Å². The van der Waals surface area contributed by atoms with Crippen LogP contribution in [0.5, 0.6) is 0 Å². The first-order chi connectivity index (χ1) is 9.63. The predicted octanol–water partition coefficient (Wildman–Crippen LogP) is 4.21. The number of nitrogens with one attached hydrogen (secondary N) is 2. The van der Waals surface area contributed by atoms with E-state index in [1.165, 1.54) is 0 Å². The predicted molar refractivity (Wildman–Crippen MR) is 87.4 cm³/mol. The van der Waals surface area contributed by atoms with Crippen LogP contribution in [0.4, 0.5) is 4.79 Å². The molecule has 0 aliphatic carbocycles. The summed E-state index contributed by atoms with van der Waals surface area (Å²) in [7, 11) is 0. The number of halogens is 2. The van der Waals surface area contributed by atoms with E-state index in [9.17, 15) is 4.79 Å². The summed E-state index contributed by atoms with van der Waals surface area (Å²) in [5.74, 6) is 0. The van der Waals surface area contributed by atoms with Crippen LogP contribution in [0.2, 0.25) is 0 Å². The zero-order valence-electron chi connectivity index (χ0n) is 10.7. The third-order valence-corrected chi connectivity index (χ3v) is 3.67. The van der Waals surface area contributed by atoms with Gasteiger partial charge in [0, 0.05) is 22.0 Å². The molecule has 0 atom stereocenters. The Bertz CT molecular complexity index is 550. The molecule has 2 amide bonds. The van der Waals surface area contributed by atoms with Crippen molar-refractivity contribution in [3.05, 3.63) is 68.6 Å². The first kappa shape index (κ1) is 15.1. The van der Waals surface area contributed by atoms with Crippen molar-refractivity contribution in [3.8, 4) is 0 Å². The summed E-state index contributed by atoms with van der Waals surface area (Å²) in [5, 5.41) is 5.66. The van der Waals surface area contributed by atoms with Crippen LogP contribution >= 0.6 is 31.9 Å². The van der Waals surface area contributed by atoms with Gasteiger partial charge in [0.1, 0.15) is 0 Å². The highest BCUT2D eigenvalue weighted by atomic mass is 79.9. The zero-order valence-corrected chi connectivity index (χ0v) is 13.9. The summed E-state index contributed by atoms with van der Waals surface area (Å²) in [6.07, 6.45) is 0. The summed E-state index contributed by atoms with van der Waals surface area (Å²) < 4.78 is 2.01. The largest absolute Gasteiger partial charge is 0.334 e. The molecule has 2 N–H and O–H groups in total. The van der Waals surface area contributed by atoms with Crippen molar-refractivity contribution in [1.29, 1.82) is 0 Å². The topological polar surface area (TPSA) is 41.1 Å². The molecule has 0 radical (unpaired) electrons. The zero-order chi connectivity index (χ0) is 14.4. The number of carbonyl (C=O) groups excluding carboxylic acids is 1. The Kier molecular flexibility index (Phi) is 5.61. The fourth-order valence-electron chi connectivity index (χ4n) is 1.72. The molecule has 20 heavy (non-hydrogen) atoms. The van der Waals surface area contributed by atoms with Gasteiger partial charge in [0.2, 0.25) is 0 Å². The van der Waals surface area contributed by atoms with Crippen molar-refractivity contribution in [3.63, 3.8) is 0 Å². The van der Waals surface area contributed by atoms with Crippen LogP contribution in [-0.2, 0) is 13.1 Å². The Hall–Kier alpha value is -1.33. The Morgan fingerprint density at radius 1 is 0.850 bits per heavy atom. The second kappa shape index (κ2) is 7.45. The van der Waals surface area contributed by atoms with Crippen molar-refractivity contribution in [2.45, 2.75) is 13.1 Å². The molecule has 2 rings (SSSR count). The molecule has 0 heterocycles. The number of carbonyl (C=O) groups is 1. The van der Waals surface area contributed by atoms with Gasteiger partial charge in [-0.2, -0.15) is 0 Å². The monoisotopic (exact) mass is 396 g/mol. The molecule has 0 spiro atoms. The Morgan fingerprint density at radius 3 is 1.70 bits per heavy atom. The molecule has 0 saturated heterocycles. The van der Waals surface area contributed by atoms with Gasteiger partial charge in [-0.1, -0.05) is 56.1 Å². The lowest BCUT2D eigenvalue weighted by Crippen LogP contribution is -2.34. The molecule has 0 saturated carbocycles. The molecule has 3 nitrogen and oxygen atoms in total. The standard InChI is InChI=1S/C15H14Br2N2O/c16-13-5-1-3-11(7-13)9-18-15(20)19-10-12-4-2-6-14(17)8-12/h1-8H,9-10H2,(H2,18,19,20). The van der Waals surface area contributed by atoms with Gasteiger partial charge in [-0.25, -0.2) is 4.79 Å². The Balaban J connectivity index is 1.78. The van der Waals surface area contributed by atoms with Gasteiger partial charge in [-0.3, -0.25) is 0 Å². The molecular weight excluding hydrogens is 384 g/mol. The van der Waals surface area contributed by atoms with Gasteiger partial charge in [0.05, 0.1) is 0 Å². The van der Waals surface area contributed by atoms with Gasteiger partial charge in [0.15, 0.2) is 0 Å². The average Bonchev–Trinajstić information content (AvgIpc) is 2.43. The van der Waals surface area contributed by atoms with Crippen LogP contribution in [0.15, 0.2) is 57.5 Å². The molecule has 0 unspecified atom stereocenters. The van der Waals surface area contributed by atoms with Crippen molar-refractivity contribution < 1.29 is 4.79 Å². The minimum atomic E-state index is -0.176. The molecule has 0 aromatic heterocycles. The van der Waals surface area contributed by atoms with Crippen LogP contribution in [0.25, 0.3) is 0 Å². The van der Waals surface area contributed by atoms with E-state index in [1.54, 1.807) is 0 Å². The average molecular weight is 398 g/mol. The summed E-state index contributed by atoms with van der Waals surface area (Å²) in [6, 6.07) is 15.5. The Labute approximate surface area is 135 Å². The second-order valence-corrected chi connectivity index (χ2v) is 6.13. The minimum absolute atomic E-state index is 0.176. The van der Waals surface area contributed by atoms with E-state index in [2.05, 4.69) is 42.5 Å². The lowest BCUT2D eigenvalue weighted by molar-refractivity contribution is 0.240. The van der Waals surface area contributed by atoms with Crippen LogP contribution in [0.1, 0.15) is 11.1 Å². The van der Waals surface area contributed by atoms with Gasteiger partial charge in [-0.15, -0.1) is 0 Å². The highest BCUT2D eigenvalue weighted by Crippen LogP contribution is 2.12. The van der Waals surface area contributed by atoms with E-state index in [0.717, 1.165) is 20.1 Å². The normalized spacial score (nSPS) is 10.1. The van der Waals surface area contributed by atoms with Crippen molar-refractivity contribution in [1.82, 2.24) is 10.6 Å². The number of rotatable bonds is 4. The third-order valence-electron chi connectivity index (χ3n) is 2.68. The summed E-state index contributed by atoms with van der Waals surface area (Å²) in [4.78, 5) is 11.7. The van der Waals surface area contributed by atoms with Crippen LogP contribution in [0.3, 0.4) is 0 Å². The maximum Gasteiger partial charge on any atom is 0.315 e. The maximum absolute atomic E-state index is 11.7. The molecule has 0 aliphatic heterocycles. The van der Waals surface area contributed by atoms with Crippen molar-refractivity contribution >= 4 is 37.9 Å². The van der Waals surface area contributed by atoms with E-state index in [1.807, 2.05) is 48.5 Å². The second-order valence-electron chi connectivity index (χ2n) is 4.30. The van der Waals surface area contributed by atoms with E-state index >= 15 is 0 Å². The maximum atomic E-state index is 11.7. The summed E-state index contributed by atoms with van der Waals surface area (Å²) in [5.41, 5.74) is 2.11. The van der Waals surface area contributed by atoms with Crippen LogP contribution < -0.4 is 10.6 Å². The van der Waals surface area contributed by atoms with Gasteiger partial charge in [0.25, 0.3) is 0 Å². The number of benzene rings is 2. The lowest BCUT2D eigenvalue weighted by atomic mass is 10.2. The number of hydrogen-bond donors (Lipinski definition) is 2. The summed E-state index contributed by atoms with van der Waals surface area (Å²) in [6.45, 7) is 1.01. The molecular formula is C15H14Br2N2O. The fourth-order valence-corrected chi connectivity index (χ4v) is 2.61. The molecule has 104 valence electrons. The smallest absolute Gasteiger partial charge is 0.315 e. The molecule has 2 aromatic rings. The number of hydrogen-bond acceptors (Lipinski definition) is 1. The van der Waals surface area contributed by atoms with E-state index in [0.29, 0.717) is 13.1 Å². The summed E-state index contributed by atoms with van der Waals surface area (Å²) >= 11 is 6.81. The van der Waals surface area contributed by atoms with Gasteiger partial charge >= 0.3 is 6.03 Å². The Morgan fingerprint density at radius 2 is 1.30 bits per heavy atom. The third kappa shape index (κ3) is 4.98. The quantitative estimate of drug-likeness (QED) is 0.796. The number of amides is 2. The van der Waals surface area contributed by atoms with Crippen LogP contribution in [0, 0.1) is 0 Å². The highest BCUT2D eigenvalue weighted by Gasteiger charge is 2.01. The first-order valence-electron chi connectivity index (χ1n) is 6.14. The molecule has 0 aliphatic rings. The van der Waals surface area contributed by atoms with Crippen molar-refractivity contribution in [2.24, 2.45) is 0 Å². The first-order valence-corrected chi connectivity index (χ1v) is 7.73. The fraction of sp³-hybridized carbons (Fsp3) is 0.133. The molecule has 5 heteroatoms. The van der Waals surface area contributed by atoms with Crippen molar-refractivity contribution in [2.75, 3.05) is 0 Å². The van der Waals surface area contributed by atoms with Crippen LogP contribution in [-0.4, -0.2) is 6.03 Å². The molecule has 0 fully saturated rings.